The lowest BCUT2D eigenvalue weighted by Gasteiger charge is -2.21. The first-order chi connectivity index (χ1) is 29.2. The van der Waals surface area contributed by atoms with E-state index in [0.29, 0.717) is 34.5 Å². The molecule has 0 saturated heterocycles. The molecule has 61 heavy (non-hydrogen) atoms. The maximum absolute atomic E-state index is 14.4. The van der Waals surface area contributed by atoms with Crippen molar-refractivity contribution in [3.8, 4) is 19.5 Å². The van der Waals surface area contributed by atoms with Gasteiger partial charge in [0.1, 0.15) is 21.4 Å². The average Bonchev–Trinajstić information content (AvgIpc) is 4.04. The molecule has 0 spiro atoms. The van der Waals surface area contributed by atoms with E-state index in [2.05, 4.69) is 16.8 Å². The van der Waals surface area contributed by atoms with Gasteiger partial charge in [-0.2, -0.15) is 0 Å². The van der Waals surface area contributed by atoms with Gasteiger partial charge in [0.2, 0.25) is 0 Å². The first kappa shape index (κ1) is 44.6. The molecule has 0 bridgehead atoms. The van der Waals surface area contributed by atoms with Gasteiger partial charge in [-0.1, -0.05) is 0 Å². The number of non-ortho nitro benzene ring substituents is 2. The number of carbonyl (C=O) groups is 4. The quantitative estimate of drug-likeness (QED) is 0.0662. The predicted octanol–water partition coefficient (Wildman–Crippen LogP) is 10.6. The number of rotatable bonds is 8. The van der Waals surface area contributed by atoms with E-state index < -0.39 is 44.0 Å². The zero-order valence-corrected chi connectivity index (χ0v) is 35.9. The van der Waals surface area contributed by atoms with E-state index in [0.717, 1.165) is 58.6 Å². The van der Waals surface area contributed by atoms with Gasteiger partial charge >= 0.3 is 11.9 Å². The molecule has 2 aliphatic heterocycles. The zero-order chi connectivity index (χ0) is 44.0. The fourth-order valence-corrected chi connectivity index (χ4v) is 10.7. The van der Waals surface area contributed by atoms with Gasteiger partial charge in [0, 0.05) is 25.2 Å². The van der Waals surface area contributed by atoms with Crippen LogP contribution in [0.4, 0.5) is 31.5 Å². The van der Waals surface area contributed by atoms with Crippen LogP contribution in [0, 0.1) is 31.9 Å². The van der Waals surface area contributed by atoms with Crippen LogP contribution in [-0.4, -0.2) is 59.2 Å². The van der Waals surface area contributed by atoms with Crippen LogP contribution in [-0.2, 0) is 22.3 Å². The second kappa shape index (κ2) is 19.6. The largest absolute Gasteiger partial charge is 0.462 e. The SMILES string of the molecule is CCOC(=O)c1cc2c(s1)-c1sccc1N(C(=O)c1ccc([N+](=O)[O-])cc1F)CC2.CCOC(=O)c1cc2c(s1)-c1sccc1NCC2.O=C(Cl)c1ccc([N+](=O)[O-])cc1F. The number of ether oxygens (including phenoxy) is 2. The van der Waals surface area contributed by atoms with E-state index in [9.17, 15) is 48.2 Å². The highest BCUT2D eigenvalue weighted by molar-refractivity contribution is 7.23. The molecule has 21 heteroatoms. The van der Waals surface area contributed by atoms with Crippen molar-refractivity contribution in [2.24, 2.45) is 0 Å². The summed E-state index contributed by atoms with van der Waals surface area (Å²) >= 11 is 11.0. The summed E-state index contributed by atoms with van der Waals surface area (Å²) in [6, 6.07) is 13.3. The standard InChI is InChI=1S/C20H15FN2O5S2.C13H13NO2S2.C7H3ClFNO3/c1-2-28-20(25)16-9-11-5-7-22(15-6-8-29-18(15)17(11)30-16)19(24)13-4-3-12(23(26)27)10-14(13)21;1-2-16-13(15)10-7-8-3-5-14-9-4-6-17-12(9)11(8)18-10;8-7(11)5-2-1-4(10(12)13)3-6(5)9/h3-4,6,8-10H,2,5,7H2,1H3;4,6-7,14H,2-3,5H2,1H3;1-3H. The van der Waals surface area contributed by atoms with Gasteiger partial charge in [0.25, 0.3) is 22.5 Å². The third kappa shape index (κ3) is 10.0. The lowest BCUT2D eigenvalue weighted by atomic mass is 10.1. The molecule has 2 aliphatic rings. The van der Waals surface area contributed by atoms with Crippen molar-refractivity contribution in [1.82, 2.24) is 0 Å². The van der Waals surface area contributed by atoms with Crippen LogP contribution in [0.5, 0.6) is 0 Å². The lowest BCUT2D eigenvalue weighted by molar-refractivity contribution is -0.385. The topological polar surface area (TPSA) is 188 Å². The zero-order valence-electron chi connectivity index (χ0n) is 31.9. The molecule has 0 fully saturated rings. The van der Waals surface area contributed by atoms with Gasteiger partial charge in [0.15, 0.2) is 0 Å². The summed E-state index contributed by atoms with van der Waals surface area (Å²) in [4.78, 5) is 73.9. The van der Waals surface area contributed by atoms with E-state index in [1.807, 2.05) is 18.4 Å². The molecule has 6 aromatic rings. The van der Waals surface area contributed by atoms with Gasteiger partial charge in [-0.15, -0.1) is 45.3 Å². The van der Waals surface area contributed by atoms with E-state index in [-0.39, 0.29) is 36.2 Å². The molecular weight excluding hydrogens is 898 g/mol. The number of hydrogen-bond donors (Lipinski definition) is 1. The fraction of sp³-hybridized carbons (Fsp3) is 0.200. The van der Waals surface area contributed by atoms with Crippen molar-refractivity contribution in [2.75, 3.05) is 36.5 Å². The Morgan fingerprint density at radius 1 is 0.738 bits per heavy atom. The van der Waals surface area contributed by atoms with E-state index in [1.165, 1.54) is 59.9 Å². The number of hydrogen-bond acceptors (Lipinski definition) is 15. The van der Waals surface area contributed by atoms with Crippen LogP contribution in [0.3, 0.4) is 0 Å². The van der Waals surface area contributed by atoms with Gasteiger partial charge in [-0.3, -0.25) is 29.8 Å². The minimum Gasteiger partial charge on any atom is -0.462 e. The van der Waals surface area contributed by atoms with Crippen molar-refractivity contribution in [3.05, 3.63) is 135 Å². The molecule has 8 rings (SSSR count). The fourth-order valence-electron chi connectivity index (χ4n) is 6.14. The lowest BCUT2D eigenvalue weighted by Crippen LogP contribution is -2.32. The highest BCUT2D eigenvalue weighted by Gasteiger charge is 2.30. The highest BCUT2D eigenvalue weighted by Crippen LogP contribution is 2.46. The number of amides is 1. The number of nitrogens with zero attached hydrogens (tertiary/aromatic N) is 3. The summed E-state index contributed by atoms with van der Waals surface area (Å²) in [5, 5.41) is 27.3. The minimum absolute atomic E-state index is 0.207. The van der Waals surface area contributed by atoms with E-state index in [4.69, 9.17) is 21.1 Å². The van der Waals surface area contributed by atoms with Crippen LogP contribution in [0.2, 0.25) is 0 Å². The number of nitro groups is 2. The smallest absolute Gasteiger partial charge is 0.348 e. The van der Waals surface area contributed by atoms with Crippen molar-refractivity contribution < 1.29 is 47.3 Å². The molecule has 0 saturated carbocycles. The highest BCUT2D eigenvalue weighted by atomic mass is 35.5. The molecule has 6 heterocycles. The van der Waals surface area contributed by atoms with Crippen LogP contribution in [0.1, 0.15) is 65.0 Å². The maximum Gasteiger partial charge on any atom is 0.348 e. The van der Waals surface area contributed by atoms with Crippen LogP contribution >= 0.6 is 56.9 Å². The maximum atomic E-state index is 14.4. The normalized spacial score (nSPS) is 12.2. The molecule has 0 atom stereocenters. The van der Waals surface area contributed by atoms with Crippen LogP contribution in [0.25, 0.3) is 19.5 Å². The number of anilines is 2. The molecule has 14 nitrogen and oxygen atoms in total. The first-order valence-electron chi connectivity index (χ1n) is 18.1. The van der Waals surface area contributed by atoms with Crippen molar-refractivity contribution in [1.29, 1.82) is 0 Å². The molecule has 0 radical (unpaired) electrons. The van der Waals surface area contributed by atoms with Crippen LogP contribution < -0.4 is 10.2 Å². The number of carbonyl (C=O) groups excluding carboxylic acids is 4. The Balaban J connectivity index is 0.000000170. The average molecular weight is 929 g/mol. The molecule has 1 amide bonds. The van der Waals surface area contributed by atoms with Crippen molar-refractivity contribution in [3.63, 3.8) is 0 Å². The summed E-state index contributed by atoms with van der Waals surface area (Å²) in [6.45, 7) is 5.48. The second-order valence-corrected chi connectivity index (χ2v) is 16.9. The Morgan fingerprint density at radius 2 is 1.26 bits per heavy atom. The molecular formula is C40H31ClF2N4O10S4. The summed E-state index contributed by atoms with van der Waals surface area (Å²) < 4.78 is 37.4. The molecule has 0 unspecified atom stereocenters. The summed E-state index contributed by atoms with van der Waals surface area (Å²) in [5.41, 5.74) is 2.55. The number of benzene rings is 2. The Labute approximate surface area is 366 Å². The Hall–Kier alpha value is -5.93. The monoisotopic (exact) mass is 928 g/mol. The van der Waals surface area contributed by atoms with E-state index in [1.54, 1.807) is 30.4 Å². The number of nitro benzene ring substituents is 2. The molecule has 0 aliphatic carbocycles. The molecule has 2 aromatic carbocycles. The summed E-state index contributed by atoms with van der Waals surface area (Å²) in [6.07, 6.45) is 1.43. The van der Waals surface area contributed by atoms with E-state index >= 15 is 0 Å². The molecule has 1 N–H and O–H groups in total. The van der Waals surface area contributed by atoms with Gasteiger partial charge in [0.05, 0.1) is 77.2 Å². The Morgan fingerprint density at radius 3 is 1.80 bits per heavy atom. The Kier molecular flexibility index (Phi) is 14.4. The number of esters is 2. The third-order valence-electron chi connectivity index (χ3n) is 8.91. The van der Waals surface area contributed by atoms with Gasteiger partial charge in [-0.05, 0) is 96.6 Å². The first-order valence-corrected chi connectivity index (χ1v) is 21.9. The Bertz CT molecular complexity index is 2680. The van der Waals surface area contributed by atoms with Gasteiger partial charge < -0.3 is 19.7 Å². The minimum atomic E-state index is -0.991. The predicted molar refractivity (Wildman–Crippen MR) is 231 cm³/mol. The number of thiophene rings is 4. The second-order valence-electron chi connectivity index (χ2n) is 12.7. The van der Waals surface area contributed by atoms with Crippen LogP contribution in [0.15, 0.2) is 71.4 Å². The van der Waals surface area contributed by atoms with Crippen molar-refractivity contribution in [2.45, 2.75) is 26.7 Å². The summed E-state index contributed by atoms with van der Waals surface area (Å²) in [5.74, 6) is -3.08. The van der Waals surface area contributed by atoms with Gasteiger partial charge in [-0.25, -0.2) is 18.4 Å². The van der Waals surface area contributed by atoms with Crippen molar-refractivity contribution >= 4 is 103 Å². The molecule has 316 valence electrons. The number of fused-ring (bicyclic) bond motifs is 6. The third-order valence-corrected chi connectivity index (χ3v) is 13.6. The number of nitrogens with one attached hydrogen (secondary N) is 1. The number of halogens is 3. The summed E-state index contributed by atoms with van der Waals surface area (Å²) in [7, 11) is 0. The molecule has 4 aromatic heterocycles.